The van der Waals surface area contributed by atoms with Crippen molar-refractivity contribution >= 4 is 51.7 Å². The molecule has 45 heavy (non-hydrogen) atoms. The van der Waals surface area contributed by atoms with Crippen molar-refractivity contribution < 1.29 is 32.2 Å². The number of hydrogen-bond donors (Lipinski definition) is 3. The molecule has 3 aromatic carbocycles. The lowest BCUT2D eigenvalue weighted by Crippen LogP contribution is -2.36. The molecule has 3 N–H and O–H groups in total. The summed E-state index contributed by atoms with van der Waals surface area (Å²) in [6, 6.07) is 20.3. The van der Waals surface area contributed by atoms with E-state index in [9.17, 15) is 22.8 Å². The third-order valence-corrected chi connectivity index (χ3v) is 6.87. The number of halogens is 3. The number of rotatable bonds is 7. The predicted octanol–water partition coefficient (Wildman–Crippen LogP) is 6.24. The van der Waals surface area contributed by atoms with E-state index in [0.29, 0.717) is 41.2 Å². The molecule has 1 fully saturated rings. The smallest absolute Gasteiger partial charge is 0.406 e. The molecule has 2 aromatic heterocycles. The molecule has 230 valence electrons. The van der Waals surface area contributed by atoms with Crippen LogP contribution in [0.15, 0.2) is 91.3 Å². The summed E-state index contributed by atoms with van der Waals surface area (Å²) in [5, 5.41) is 9.13. The normalized spacial score (nSPS) is 13.4. The van der Waals surface area contributed by atoms with Gasteiger partial charge in [-0.05, 0) is 72.8 Å². The number of morpholine rings is 1. The molecular weight excluding hydrogens is 591 g/mol. The maximum atomic E-state index is 13.2. The monoisotopic (exact) mass is 617 g/mol. The number of alkyl halides is 3. The molecule has 3 heterocycles. The average Bonchev–Trinajstić information content (AvgIpc) is 3.46. The number of carbonyl (C=O) groups excluding carboxylic acids is 2. The van der Waals surface area contributed by atoms with Gasteiger partial charge in [-0.25, -0.2) is 9.78 Å². The highest BCUT2D eigenvalue weighted by Gasteiger charge is 2.31. The largest absolute Gasteiger partial charge is 0.573 e. The second-order valence-corrected chi connectivity index (χ2v) is 9.97. The summed E-state index contributed by atoms with van der Waals surface area (Å²) in [4.78, 5) is 37.0. The third-order valence-electron chi connectivity index (χ3n) is 6.87. The van der Waals surface area contributed by atoms with E-state index in [1.54, 1.807) is 30.3 Å². The standard InChI is InChI=1S/C31H26F3N7O4/c32-31(33,34)45-26-10-6-23(7-11-26)37-29-35-19-21-12-13-41(27(21)39-29)30(43)38-24-3-1-2-20(18-24)28(42)36-22-4-8-25(9-5-22)40-14-16-44-17-15-40/h1-13,18-19H,14-17H2,(H,36,42)(H,38,43)(H,35,37,39). The maximum absolute atomic E-state index is 13.2. The number of carbonyl (C=O) groups is 2. The molecule has 0 bridgehead atoms. The Morgan fingerprint density at radius 3 is 2.33 bits per heavy atom. The van der Waals surface area contributed by atoms with Crippen LogP contribution in [0.25, 0.3) is 11.0 Å². The number of fused-ring (bicyclic) bond motifs is 1. The van der Waals surface area contributed by atoms with Crippen molar-refractivity contribution in [2.24, 2.45) is 0 Å². The van der Waals surface area contributed by atoms with Crippen molar-refractivity contribution in [2.45, 2.75) is 6.36 Å². The quantitative estimate of drug-likeness (QED) is 0.196. The Bertz CT molecular complexity index is 1820. The highest BCUT2D eigenvalue weighted by atomic mass is 19.4. The Kier molecular flexibility index (Phi) is 8.20. The summed E-state index contributed by atoms with van der Waals surface area (Å²) in [7, 11) is 0. The first-order valence-electron chi connectivity index (χ1n) is 13.8. The lowest BCUT2D eigenvalue weighted by atomic mass is 10.1. The van der Waals surface area contributed by atoms with Crippen LogP contribution in [-0.4, -0.2) is 59.1 Å². The minimum absolute atomic E-state index is 0.122. The van der Waals surface area contributed by atoms with Crippen molar-refractivity contribution in [3.63, 3.8) is 0 Å². The predicted molar refractivity (Wildman–Crippen MR) is 162 cm³/mol. The fraction of sp³-hybridized carbons (Fsp3) is 0.161. The molecule has 1 saturated heterocycles. The van der Waals surface area contributed by atoms with Crippen molar-refractivity contribution in [1.82, 2.24) is 14.5 Å². The van der Waals surface area contributed by atoms with Crippen molar-refractivity contribution in [2.75, 3.05) is 47.2 Å². The van der Waals surface area contributed by atoms with Gasteiger partial charge < -0.3 is 30.3 Å². The first-order valence-corrected chi connectivity index (χ1v) is 13.8. The average molecular weight is 618 g/mol. The van der Waals surface area contributed by atoms with Crippen molar-refractivity contribution in [3.8, 4) is 5.75 Å². The SMILES string of the molecule is O=C(Nc1ccc(N2CCOCC2)cc1)c1cccc(NC(=O)n2ccc3cnc(Nc4ccc(OC(F)(F)F)cc4)nc32)c1. The number of anilines is 5. The summed E-state index contributed by atoms with van der Waals surface area (Å²) in [5.74, 6) is -0.580. The van der Waals surface area contributed by atoms with Gasteiger partial charge >= 0.3 is 12.4 Å². The first kappa shape index (κ1) is 29.4. The van der Waals surface area contributed by atoms with Crippen LogP contribution >= 0.6 is 0 Å². The van der Waals surface area contributed by atoms with Crippen LogP contribution in [-0.2, 0) is 4.74 Å². The van der Waals surface area contributed by atoms with E-state index in [4.69, 9.17) is 4.74 Å². The second-order valence-electron chi connectivity index (χ2n) is 9.97. The van der Waals surface area contributed by atoms with E-state index in [2.05, 4.69) is 35.6 Å². The van der Waals surface area contributed by atoms with Gasteiger partial charge in [0.25, 0.3) is 5.91 Å². The highest BCUT2D eigenvalue weighted by Crippen LogP contribution is 2.26. The summed E-state index contributed by atoms with van der Waals surface area (Å²) >= 11 is 0. The van der Waals surface area contributed by atoms with Crippen LogP contribution in [0.1, 0.15) is 10.4 Å². The van der Waals surface area contributed by atoms with Gasteiger partial charge in [0.1, 0.15) is 5.75 Å². The Morgan fingerprint density at radius 2 is 1.60 bits per heavy atom. The molecule has 0 atom stereocenters. The van der Waals surface area contributed by atoms with E-state index >= 15 is 0 Å². The zero-order valence-electron chi connectivity index (χ0n) is 23.5. The lowest BCUT2D eigenvalue weighted by Gasteiger charge is -2.28. The molecule has 0 unspecified atom stereocenters. The molecule has 5 aromatic rings. The molecule has 6 rings (SSSR count). The van der Waals surface area contributed by atoms with E-state index in [0.717, 1.165) is 30.9 Å². The lowest BCUT2D eigenvalue weighted by molar-refractivity contribution is -0.274. The number of nitrogens with zero attached hydrogens (tertiary/aromatic N) is 4. The van der Waals surface area contributed by atoms with Crippen molar-refractivity contribution in [1.29, 1.82) is 0 Å². The Labute approximate surface area is 254 Å². The van der Waals surface area contributed by atoms with Crippen LogP contribution in [0.5, 0.6) is 5.75 Å². The molecule has 14 heteroatoms. The minimum Gasteiger partial charge on any atom is -0.406 e. The number of amides is 2. The van der Waals surface area contributed by atoms with Crippen molar-refractivity contribution in [3.05, 3.63) is 96.8 Å². The summed E-state index contributed by atoms with van der Waals surface area (Å²) in [6.07, 6.45) is -1.76. The number of ether oxygens (including phenoxy) is 2. The summed E-state index contributed by atoms with van der Waals surface area (Å²) in [6.45, 7) is 3.00. The summed E-state index contributed by atoms with van der Waals surface area (Å²) < 4.78 is 47.8. The van der Waals surface area contributed by atoms with Gasteiger partial charge in [0.2, 0.25) is 5.95 Å². The van der Waals surface area contributed by atoms with Gasteiger partial charge in [0, 0.05) is 59.2 Å². The zero-order chi connectivity index (χ0) is 31.4. The number of aromatic nitrogens is 3. The van der Waals surface area contributed by atoms with Crippen LogP contribution < -0.4 is 25.6 Å². The summed E-state index contributed by atoms with van der Waals surface area (Å²) in [5.41, 5.74) is 3.14. The first-order chi connectivity index (χ1) is 21.7. The molecule has 1 aliphatic rings. The Balaban J connectivity index is 1.11. The maximum Gasteiger partial charge on any atom is 0.573 e. The third kappa shape index (κ3) is 7.30. The molecule has 1 aliphatic heterocycles. The van der Waals surface area contributed by atoms with Gasteiger partial charge in [0.05, 0.1) is 13.2 Å². The Morgan fingerprint density at radius 1 is 0.867 bits per heavy atom. The van der Waals surface area contributed by atoms with Gasteiger partial charge in [-0.2, -0.15) is 4.98 Å². The molecule has 2 amide bonds. The van der Waals surface area contributed by atoms with Crippen LogP contribution in [0.2, 0.25) is 0 Å². The second kappa shape index (κ2) is 12.5. The van der Waals surface area contributed by atoms with E-state index in [-0.39, 0.29) is 23.3 Å². The minimum atomic E-state index is -4.79. The highest BCUT2D eigenvalue weighted by molar-refractivity contribution is 6.05. The van der Waals surface area contributed by atoms with Crippen LogP contribution in [0, 0.1) is 0 Å². The molecule has 0 spiro atoms. The zero-order valence-corrected chi connectivity index (χ0v) is 23.5. The molecule has 11 nitrogen and oxygen atoms in total. The van der Waals surface area contributed by atoms with Gasteiger partial charge in [0.15, 0.2) is 5.65 Å². The fourth-order valence-electron chi connectivity index (χ4n) is 4.71. The molecular formula is C31H26F3N7O4. The fourth-order valence-corrected chi connectivity index (χ4v) is 4.71. The van der Waals surface area contributed by atoms with E-state index < -0.39 is 12.4 Å². The van der Waals surface area contributed by atoms with Gasteiger partial charge in [-0.15, -0.1) is 13.2 Å². The van der Waals surface area contributed by atoms with Gasteiger partial charge in [-0.3, -0.25) is 9.36 Å². The number of hydrogen-bond acceptors (Lipinski definition) is 8. The van der Waals surface area contributed by atoms with Gasteiger partial charge in [-0.1, -0.05) is 6.07 Å². The topological polar surface area (TPSA) is 123 Å². The molecule has 0 saturated carbocycles. The van der Waals surface area contributed by atoms with Crippen LogP contribution in [0.3, 0.4) is 0 Å². The molecule has 0 aliphatic carbocycles. The number of benzene rings is 3. The van der Waals surface area contributed by atoms with E-state index in [1.165, 1.54) is 29.1 Å². The number of nitrogens with one attached hydrogen (secondary N) is 3. The Hall–Kier alpha value is -5.63. The molecule has 0 radical (unpaired) electrons. The van der Waals surface area contributed by atoms with Crippen LogP contribution in [0.4, 0.5) is 46.7 Å². The van der Waals surface area contributed by atoms with E-state index in [1.807, 2.05) is 24.3 Å².